The molecule has 2 amide bonds. The zero-order chi connectivity index (χ0) is 17.1. The van der Waals surface area contributed by atoms with Crippen LogP contribution in [0.2, 0.25) is 0 Å². The van der Waals surface area contributed by atoms with Crippen LogP contribution in [0, 0.1) is 0 Å². The number of allylic oxidation sites excluding steroid dienone is 1. The third kappa shape index (κ3) is 7.61. The van der Waals surface area contributed by atoms with Crippen LogP contribution in [0.1, 0.15) is 27.2 Å². The van der Waals surface area contributed by atoms with Crippen molar-refractivity contribution in [1.29, 1.82) is 0 Å². The molecule has 0 aromatic heterocycles. The maximum absolute atomic E-state index is 11.5. The molecule has 0 rings (SSSR count). The smallest absolute Gasteiger partial charge is 0.315 e. The number of hydrogen-bond donors (Lipinski definition) is 2. The summed E-state index contributed by atoms with van der Waals surface area (Å²) < 4.78 is 0. The maximum atomic E-state index is 11.5. The zero-order valence-corrected chi connectivity index (χ0v) is 14.5. The van der Waals surface area contributed by atoms with Gasteiger partial charge in [-0.3, -0.25) is 10.0 Å². The number of urea groups is 1. The number of nitrogens with one attached hydrogen (secondary N) is 2. The molecule has 0 saturated carbocycles. The Morgan fingerprint density at radius 2 is 2.05 bits per heavy atom. The van der Waals surface area contributed by atoms with Crippen LogP contribution in [0.15, 0.2) is 27.1 Å². The van der Waals surface area contributed by atoms with Crippen LogP contribution in [0.3, 0.4) is 0 Å². The fraction of sp³-hybridized carbons (Fsp3) is 0.714. The first kappa shape index (κ1) is 19.9. The Bertz CT molecular complexity index is 408. The average molecular weight is 311 g/mol. The molecule has 0 saturated heterocycles. The van der Waals surface area contributed by atoms with Gasteiger partial charge in [0.15, 0.2) is 6.17 Å². The first-order chi connectivity index (χ1) is 10.3. The number of rotatable bonds is 9. The molecular formula is C14H29N7O. The van der Waals surface area contributed by atoms with E-state index >= 15 is 0 Å². The van der Waals surface area contributed by atoms with Crippen molar-refractivity contribution in [2.24, 2.45) is 15.4 Å². The van der Waals surface area contributed by atoms with Gasteiger partial charge in [0, 0.05) is 34.4 Å². The molecular weight excluding hydrogens is 282 g/mol. The second-order valence-corrected chi connectivity index (χ2v) is 5.03. The van der Waals surface area contributed by atoms with Gasteiger partial charge in [0.2, 0.25) is 0 Å². The first-order valence-electron chi connectivity index (χ1n) is 7.28. The van der Waals surface area contributed by atoms with Crippen LogP contribution in [0.4, 0.5) is 4.79 Å². The molecule has 0 aliphatic heterocycles. The number of carbonyl (C=O) groups is 1. The molecule has 2 N–H and O–H groups in total. The van der Waals surface area contributed by atoms with E-state index in [0.717, 1.165) is 12.0 Å². The topological polar surface area (TPSA) is 84.7 Å². The summed E-state index contributed by atoms with van der Waals surface area (Å²) >= 11 is 0. The van der Waals surface area contributed by atoms with Crippen LogP contribution < -0.4 is 10.6 Å². The molecule has 2 atom stereocenters. The molecule has 0 spiro atoms. The molecule has 0 bridgehead atoms. The van der Waals surface area contributed by atoms with E-state index in [1.807, 2.05) is 33.9 Å². The summed E-state index contributed by atoms with van der Waals surface area (Å²) in [6.07, 6.45) is 2.56. The molecule has 0 aromatic rings. The summed E-state index contributed by atoms with van der Waals surface area (Å²) in [6, 6.07) is -0.222. The Morgan fingerprint density at radius 3 is 2.55 bits per heavy atom. The molecule has 8 nitrogen and oxygen atoms in total. The van der Waals surface area contributed by atoms with E-state index in [2.05, 4.69) is 32.8 Å². The van der Waals surface area contributed by atoms with Crippen molar-refractivity contribution < 1.29 is 4.79 Å². The number of carbonyl (C=O) groups excluding carboxylic acids is 1. The van der Waals surface area contributed by atoms with Gasteiger partial charge in [0.25, 0.3) is 0 Å². The second-order valence-electron chi connectivity index (χ2n) is 5.03. The van der Waals surface area contributed by atoms with E-state index in [9.17, 15) is 4.79 Å². The van der Waals surface area contributed by atoms with Crippen molar-refractivity contribution in [2.75, 3.05) is 27.7 Å². The van der Waals surface area contributed by atoms with Gasteiger partial charge in [0.05, 0.1) is 6.04 Å². The highest BCUT2D eigenvalue weighted by Crippen LogP contribution is 2.07. The van der Waals surface area contributed by atoms with Gasteiger partial charge in [0.1, 0.15) is 0 Å². The molecule has 0 fully saturated rings. The SMILES string of the molecule is C=NN(C)C(C)N=NN(C)CCC(NC(=O)NC)/C(C)=C/C. The highest BCUT2D eigenvalue weighted by Gasteiger charge is 2.13. The summed E-state index contributed by atoms with van der Waals surface area (Å²) in [4.78, 5) is 11.5. The van der Waals surface area contributed by atoms with E-state index in [1.165, 1.54) is 0 Å². The summed E-state index contributed by atoms with van der Waals surface area (Å²) in [5.41, 5.74) is 1.11. The summed E-state index contributed by atoms with van der Waals surface area (Å²) in [5.74, 6) is 0. The van der Waals surface area contributed by atoms with Crippen LogP contribution in [-0.4, -0.2) is 62.7 Å². The predicted octanol–water partition coefficient (Wildman–Crippen LogP) is 1.83. The minimum Gasteiger partial charge on any atom is -0.341 e. The molecule has 0 aliphatic carbocycles. The molecule has 0 aromatic carbocycles. The lowest BCUT2D eigenvalue weighted by molar-refractivity contribution is 0.231. The summed E-state index contributed by atoms with van der Waals surface area (Å²) in [5, 5.41) is 20.9. The number of amides is 2. The standard InChI is InChI=1S/C14H29N7O/c1-8-11(2)13(17-14(22)15-4)9-10-20(6)19-18-12(3)21(7)16-5/h8,12-13H,5,9-10H2,1-4,6-7H3,(H2,15,17,22)/b11-8+,19-18?. The molecule has 22 heavy (non-hydrogen) atoms. The Kier molecular flexibility index (Phi) is 9.56. The van der Waals surface area contributed by atoms with E-state index in [1.54, 1.807) is 24.1 Å². The van der Waals surface area contributed by atoms with Gasteiger partial charge in [-0.1, -0.05) is 16.9 Å². The largest absolute Gasteiger partial charge is 0.341 e. The second kappa shape index (κ2) is 10.6. The van der Waals surface area contributed by atoms with Gasteiger partial charge in [-0.25, -0.2) is 4.79 Å². The molecule has 2 unspecified atom stereocenters. The third-order valence-corrected chi connectivity index (χ3v) is 3.41. The zero-order valence-electron chi connectivity index (χ0n) is 14.5. The van der Waals surface area contributed by atoms with Crippen LogP contribution in [-0.2, 0) is 0 Å². The fourth-order valence-electron chi connectivity index (χ4n) is 1.56. The van der Waals surface area contributed by atoms with Gasteiger partial charge < -0.3 is 10.6 Å². The van der Waals surface area contributed by atoms with E-state index < -0.39 is 0 Å². The van der Waals surface area contributed by atoms with Crippen molar-refractivity contribution >= 4 is 12.7 Å². The lowest BCUT2D eigenvalue weighted by atomic mass is 10.1. The lowest BCUT2D eigenvalue weighted by Crippen LogP contribution is -2.42. The van der Waals surface area contributed by atoms with Crippen molar-refractivity contribution in [3.05, 3.63) is 11.6 Å². The third-order valence-electron chi connectivity index (χ3n) is 3.41. The summed E-state index contributed by atoms with van der Waals surface area (Å²) in [7, 11) is 5.23. The highest BCUT2D eigenvalue weighted by atomic mass is 16.2. The summed E-state index contributed by atoms with van der Waals surface area (Å²) in [6.45, 7) is 9.94. The van der Waals surface area contributed by atoms with Crippen molar-refractivity contribution in [3.63, 3.8) is 0 Å². The van der Waals surface area contributed by atoms with Crippen molar-refractivity contribution in [1.82, 2.24) is 20.7 Å². The minimum absolute atomic E-state index is 0.0301. The van der Waals surface area contributed by atoms with Gasteiger partial charge in [-0.15, -0.1) is 5.11 Å². The van der Waals surface area contributed by atoms with Gasteiger partial charge >= 0.3 is 6.03 Å². The Morgan fingerprint density at radius 1 is 1.41 bits per heavy atom. The number of nitrogens with zero attached hydrogens (tertiary/aromatic N) is 5. The quantitative estimate of drug-likeness (QED) is 0.295. The average Bonchev–Trinajstić information content (AvgIpc) is 2.54. The minimum atomic E-state index is -0.192. The number of hydrogen-bond acceptors (Lipinski definition) is 5. The Hall–Kier alpha value is -2.12. The molecule has 0 heterocycles. The van der Waals surface area contributed by atoms with Crippen molar-refractivity contribution in [2.45, 2.75) is 39.4 Å². The number of hydrazone groups is 1. The monoisotopic (exact) mass is 311 g/mol. The van der Waals surface area contributed by atoms with E-state index in [-0.39, 0.29) is 18.2 Å². The normalized spacial score (nSPS) is 14.4. The molecule has 0 aliphatic rings. The van der Waals surface area contributed by atoms with Crippen LogP contribution in [0.5, 0.6) is 0 Å². The maximum Gasteiger partial charge on any atom is 0.315 e. The molecule has 126 valence electrons. The van der Waals surface area contributed by atoms with Gasteiger partial charge in [-0.2, -0.15) is 5.10 Å². The molecule has 0 radical (unpaired) electrons. The lowest BCUT2D eigenvalue weighted by Gasteiger charge is -2.22. The van der Waals surface area contributed by atoms with E-state index in [4.69, 9.17) is 0 Å². The Balaban J connectivity index is 4.49. The van der Waals surface area contributed by atoms with Gasteiger partial charge in [-0.05, 0) is 27.2 Å². The van der Waals surface area contributed by atoms with Crippen molar-refractivity contribution in [3.8, 4) is 0 Å². The highest BCUT2D eigenvalue weighted by molar-refractivity contribution is 5.74. The fourth-order valence-corrected chi connectivity index (χ4v) is 1.56. The Labute approximate surface area is 133 Å². The van der Waals surface area contributed by atoms with Crippen LogP contribution in [0.25, 0.3) is 0 Å². The molecule has 8 heteroatoms. The first-order valence-corrected chi connectivity index (χ1v) is 7.28. The predicted molar refractivity (Wildman–Crippen MR) is 89.7 cm³/mol. The van der Waals surface area contributed by atoms with E-state index in [0.29, 0.717) is 6.54 Å². The van der Waals surface area contributed by atoms with Crippen LogP contribution >= 0.6 is 0 Å².